The Morgan fingerprint density at radius 3 is 2.38 bits per heavy atom. The van der Waals surface area contributed by atoms with E-state index in [2.05, 4.69) is 31.5 Å². The number of likely N-dealkylation sites (N-methyl/N-ethyl adjacent to an activating group) is 1. The minimum atomic E-state index is -0.194. The predicted molar refractivity (Wildman–Crippen MR) is 109 cm³/mol. The molecule has 6 heteroatoms. The van der Waals surface area contributed by atoms with Crippen molar-refractivity contribution in [3.8, 4) is 5.75 Å². The van der Waals surface area contributed by atoms with Crippen molar-refractivity contribution in [1.29, 1.82) is 0 Å². The highest BCUT2D eigenvalue weighted by Gasteiger charge is 2.17. The van der Waals surface area contributed by atoms with E-state index in [0.717, 1.165) is 27.9 Å². The van der Waals surface area contributed by atoms with Gasteiger partial charge in [0.05, 0.1) is 23.7 Å². The summed E-state index contributed by atoms with van der Waals surface area (Å²) < 4.78 is 6.11. The molecule has 0 fully saturated rings. The number of carbonyl (C=O) groups is 1. The third kappa shape index (κ3) is 5.75. The molecular weight excluding hydrogens is 394 g/mol. The van der Waals surface area contributed by atoms with Crippen molar-refractivity contribution in [3.05, 3.63) is 64.1 Å². The number of rotatable bonds is 7. The number of nitrogens with one attached hydrogen (secondary N) is 2. The third-order valence-corrected chi connectivity index (χ3v) is 4.70. The Morgan fingerprint density at radius 1 is 1.12 bits per heavy atom. The maximum atomic E-state index is 12.5. The Hall–Kier alpha value is -2.05. The summed E-state index contributed by atoms with van der Waals surface area (Å²) in [6, 6.07) is 15.4. The molecule has 5 nitrogen and oxygen atoms in total. The summed E-state index contributed by atoms with van der Waals surface area (Å²) in [6.45, 7) is 2.68. The molecule has 2 aromatic rings. The second-order valence-corrected chi connectivity index (χ2v) is 7.31. The van der Waals surface area contributed by atoms with Gasteiger partial charge in [-0.3, -0.25) is 0 Å². The first-order chi connectivity index (χ1) is 12.4. The Balaban J connectivity index is 2.04. The normalized spacial score (nSPS) is 13.2. The van der Waals surface area contributed by atoms with Crippen LogP contribution in [0.3, 0.4) is 0 Å². The van der Waals surface area contributed by atoms with E-state index in [1.807, 2.05) is 69.6 Å². The molecule has 0 aliphatic rings. The molecule has 2 N–H and O–H groups in total. The third-order valence-electron chi connectivity index (χ3n) is 4.08. The molecule has 2 rings (SSSR count). The van der Waals surface area contributed by atoms with Crippen LogP contribution in [0.15, 0.2) is 53.0 Å². The first kappa shape index (κ1) is 20.3. The molecule has 0 aromatic heterocycles. The van der Waals surface area contributed by atoms with Crippen molar-refractivity contribution in [2.24, 2.45) is 0 Å². The molecule has 0 aliphatic carbocycles. The van der Waals surface area contributed by atoms with Crippen molar-refractivity contribution < 1.29 is 9.53 Å². The highest BCUT2D eigenvalue weighted by Crippen LogP contribution is 2.28. The Morgan fingerprint density at radius 2 is 1.81 bits per heavy atom. The van der Waals surface area contributed by atoms with Crippen LogP contribution in [-0.4, -0.2) is 38.7 Å². The van der Waals surface area contributed by atoms with Crippen LogP contribution in [0.25, 0.3) is 0 Å². The Bertz CT molecular complexity index is 722. The van der Waals surface area contributed by atoms with Crippen molar-refractivity contribution in [3.63, 3.8) is 0 Å². The van der Waals surface area contributed by atoms with Crippen LogP contribution in [0.2, 0.25) is 0 Å². The number of ether oxygens (including phenoxy) is 1. The first-order valence-corrected chi connectivity index (χ1v) is 9.30. The standard InChI is InChI=1S/C20H26BrN3O2/c1-14(16-10-11-19(26-4)17(21)12-16)22-20(25)23-18(13-24(2)3)15-8-6-5-7-9-15/h5-12,14,18H,13H2,1-4H3,(H2,22,23,25). The van der Waals surface area contributed by atoms with Gasteiger partial charge < -0.3 is 20.3 Å². The van der Waals surface area contributed by atoms with Gasteiger partial charge in [-0.05, 0) is 60.2 Å². The van der Waals surface area contributed by atoms with Gasteiger partial charge in [0.2, 0.25) is 0 Å². The van der Waals surface area contributed by atoms with Crippen LogP contribution in [0.4, 0.5) is 4.79 Å². The van der Waals surface area contributed by atoms with Crippen molar-refractivity contribution in [2.75, 3.05) is 27.7 Å². The summed E-state index contributed by atoms with van der Waals surface area (Å²) in [7, 11) is 5.61. The van der Waals surface area contributed by atoms with Crippen LogP contribution in [0, 0.1) is 0 Å². The lowest BCUT2D eigenvalue weighted by Gasteiger charge is -2.24. The molecule has 0 saturated carbocycles. The highest BCUT2D eigenvalue weighted by atomic mass is 79.9. The molecule has 26 heavy (non-hydrogen) atoms. The van der Waals surface area contributed by atoms with Crippen molar-refractivity contribution in [2.45, 2.75) is 19.0 Å². The van der Waals surface area contributed by atoms with Gasteiger partial charge in [-0.1, -0.05) is 36.4 Å². The van der Waals surface area contributed by atoms with Gasteiger partial charge in [0.15, 0.2) is 0 Å². The quantitative estimate of drug-likeness (QED) is 0.709. The summed E-state index contributed by atoms with van der Waals surface area (Å²) in [4.78, 5) is 14.6. The van der Waals surface area contributed by atoms with E-state index in [4.69, 9.17) is 4.74 Å². The van der Waals surface area contributed by atoms with Crippen LogP contribution in [0.1, 0.15) is 30.1 Å². The average molecular weight is 420 g/mol. The largest absolute Gasteiger partial charge is 0.496 e. The van der Waals surface area contributed by atoms with E-state index in [0.29, 0.717) is 0 Å². The number of methoxy groups -OCH3 is 1. The zero-order chi connectivity index (χ0) is 19.1. The molecule has 2 aromatic carbocycles. The number of hydrogen-bond acceptors (Lipinski definition) is 3. The number of hydrogen-bond donors (Lipinski definition) is 2. The number of carbonyl (C=O) groups excluding carboxylic acids is 1. The van der Waals surface area contributed by atoms with E-state index < -0.39 is 0 Å². The molecule has 0 radical (unpaired) electrons. The van der Waals surface area contributed by atoms with Crippen molar-refractivity contribution in [1.82, 2.24) is 15.5 Å². The monoisotopic (exact) mass is 419 g/mol. The van der Waals surface area contributed by atoms with Gasteiger partial charge in [-0.2, -0.15) is 0 Å². The second-order valence-electron chi connectivity index (χ2n) is 6.46. The fraction of sp³-hybridized carbons (Fsp3) is 0.350. The summed E-state index contributed by atoms with van der Waals surface area (Å²) in [5.41, 5.74) is 2.08. The molecule has 0 heterocycles. The summed E-state index contributed by atoms with van der Waals surface area (Å²) in [5, 5.41) is 6.08. The Kier molecular flexibility index (Phi) is 7.48. The number of halogens is 1. The van der Waals surface area contributed by atoms with Gasteiger partial charge in [-0.15, -0.1) is 0 Å². The summed E-state index contributed by atoms with van der Waals surface area (Å²) in [6.07, 6.45) is 0. The van der Waals surface area contributed by atoms with Gasteiger partial charge in [0.25, 0.3) is 0 Å². The zero-order valence-electron chi connectivity index (χ0n) is 15.6. The number of benzene rings is 2. The molecule has 0 saturated heterocycles. The van der Waals surface area contributed by atoms with Gasteiger partial charge in [0, 0.05) is 6.54 Å². The fourth-order valence-electron chi connectivity index (χ4n) is 2.72. The van der Waals surface area contributed by atoms with E-state index in [1.54, 1.807) is 7.11 Å². The van der Waals surface area contributed by atoms with E-state index >= 15 is 0 Å². The van der Waals surface area contributed by atoms with E-state index in [1.165, 1.54) is 0 Å². The molecular formula is C20H26BrN3O2. The minimum absolute atomic E-state index is 0.0824. The van der Waals surface area contributed by atoms with Gasteiger partial charge in [-0.25, -0.2) is 4.79 Å². The minimum Gasteiger partial charge on any atom is -0.496 e. The van der Waals surface area contributed by atoms with E-state index in [-0.39, 0.29) is 18.1 Å². The summed E-state index contributed by atoms with van der Waals surface area (Å²) in [5.74, 6) is 0.764. The molecule has 2 amide bonds. The van der Waals surface area contributed by atoms with Crippen LogP contribution >= 0.6 is 15.9 Å². The lowest BCUT2D eigenvalue weighted by atomic mass is 10.1. The maximum Gasteiger partial charge on any atom is 0.315 e. The SMILES string of the molecule is COc1ccc(C(C)NC(=O)NC(CN(C)C)c2ccccc2)cc1Br. The van der Waals surface area contributed by atoms with Crippen LogP contribution in [-0.2, 0) is 0 Å². The van der Waals surface area contributed by atoms with Crippen LogP contribution < -0.4 is 15.4 Å². The first-order valence-electron chi connectivity index (χ1n) is 8.51. The lowest BCUT2D eigenvalue weighted by Crippen LogP contribution is -2.42. The maximum absolute atomic E-state index is 12.5. The van der Waals surface area contributed by atoms with E-state index in [9.17, 15) is 4.79 Å². The number of nitrogens with zero attached hydrogens (tertiary/aromatic N) is 1. The molecule has 0 spiro atoms. The predicted octanol–water partition coefficient (Wildman–Crippen LogP) is 4.12. The molecule has 0 aliphatic heterocycles. The van der Waals surface area contributed by atoms with Gasteiger partial charge >= 0.3 is 6.03 Å². The van der Waals surface area contributed by atoms with Crippen molar-refractivity contribution >= 4 is 22.0 Å². The molecule has 0 bridgehead atoms. The topological polar surface area (TPSA) is 53.6 Å². The number of amides is 2. The van der Waals surface area contributed by atoms with Crippen LogP contribution in [0.5, 0.6) is 5.75 Å². The molecule has 2 atom stereocenters. The smallest absolute Gasteiger partial charge is 0.315 e. The summed E-state index contributed by atoms with van der Waals surface area (Å²) >= 11 is 3.48. The average Bonchev–Trinajstić information content (AvgIpc) is 2.61. The van der Waals surface area contributed by atoms with Gasteiger partial charge in [0.1, 0.15) is 5.75 Å². The second kappa shape index (κ2) is 9.59. The molecule has 2 unspecified atom stereocenters. The number of urea groups is 1. The lowest BCUT2D eigenvalue weighted by molar-refractivity contribution is 0.230. The highest BCUT2D eigenvalue weighted by molar-refractivity contribution is 9.10. The zero-order valence-corrected chi connectivity index (χ0v) is 17.2. The Labute approximate surface area is 163 Å². The fourth-order valence-corrected chi connectivity index (χ4v) is 3.28. The molecule has 140 valence electrons.